The quantitative estimate of drug-likeness (QED) is 0.449. The molecule has 0 unspecified atom stereocenters. The van der Waals surface area contributed by atoms with Gasteiger partial charge in [0.1, 0.15) is 5.78 Å². The number of azo groups is 1. The SMILES string of the molecule is CC(=O)Cc1ccc(N=Nc2ccc([N+](=O)[O-])cc2)cc1[N+](=O)[O-]. The molecule has 122 valence electrons. The number of benzene rings is 2. The third kappa shape index (κ3) is 4.26. The lowest BCUT2D eigenvalue weighted by atomic mass is 10.1. The first-order chi connectivity index (χ1) is 11.4. The maximum atomic E-state index is 11.1. The Morgan fingerprint density at radius 3 is 2.08 bits per heavy atom. The van der Waals surface area contributed by atoms with Gasteiger partial charge in [-0.15, -0.1) is 0 Å². The number of carbonyl (C=O) groups excluding carboxylic acids is 1. The van der Waals surface area contributed by atoms with Crippen molar-refractivity contribution in [1.29, 1.82) is 0 Å². The fourth-order valence-electron chi connectivity index (χ4n) is 1.96. The molecule has 0 aliphatic carbocycles. The topological polar surface area (TPSA) is 128 Å². The Labute approximate surface area is 135 Å². The molecule has 0 spiro atoms. The number of hydrogen-bond donors (Lipinski definition) is 0. The highest BCUT2D eigenvalue weighted by Crippen LogP contribution is 2.27. The number of non-ortho nitro benzene ring substituents is 1. The number of nitro benzene ring substituents is 2. The lowest BCUT2D eigenvalue weighted by molar-refractivity contribution is -0.385. The summed E-state index contributed by atoms with van der Waals surface area (Å²) >= 11 is 0. The van der Waals surface area contributed by atoms with Crippen LogP contribution in [0.2, 0.25) is 0 Å². The summed E-state index contributed by atoms with van der Waals surface area (Å²) in [4.78, 5) is 31.7. The number of nitro groups is 2. The van der Waals surface area contributed by atoms with Gasteiger partial charge in [0.05, 0.1) is 21.2 Å². The van der Waals surface area contributed by atoms with Crippen LogP contribution in [0, 0.1) is 20.2 Å². The van der Waals surface area contributed by atoms with Gasteiger partial charge in [-0.2, -0.15) is 10.2 Å². The van der Waals surface area contributed by atoms with E-state index in [1.54, 1.807) is 0 Å². The molecule has 2 rings (SSSR count). The highest BCUT2D eigenvalue weighted by Gasteiger charge is 2.15. The van der Waals surface area contributed by atoms with Gasteiger partial charge >= 0.3 is 0 Å². The molecule has 0 aliphatic heterocycles. The summed E-state index contributed by atoms with van der Waals surface area (Å²) in [6.45, 7) is 1.35. The molecular formula is C15H12N4O5. The highest BCUT2D eigenvalue weighted by atomic mass is 16.6. The molecule has 0 atom stereocenters. The van der Waals surface area contributed by atoms with Gasteiger partial charge in [-0.1, -0.05) is 0 Å². The van der Waals surface area contributed by atoms with E-state index in [0.717, 1.165) is 0 Å². The van der Waals surface area contributed by atoms with Crippen LogP contribution in [0.25, 0.3) is 0 Å². The summed E-state index contributed by atoms with van der Waals surface area (Å²) < 4.78 is 0. The second kappa shape index (κ2) is 7.18. The van der Waals surface area contributed by atoms with Crippen molar-refractivity contribution in [2.45, 2.75) is 13.3 Å². The molecule has 24 heavy (non-hydrogen) atoms. The van der Waals surface area contributed by atoms with Gasteiger partial charge in [0.15, 0.2) is 0 Å². The molecule has 0 saturated carbocycles. The fourth-order valence-corrected chi connectivity index (χ4v) is 1.96. The lowest BCUT2D eigenvalue weighted by Crippen LogP contribution is -2.00. The first-order valence-electron chi connectivity index (χ1n) is 6.80. The molecule has 0 saturated heterocycles. The van der Waals surface area contributed by atoms with Crippen LogP contribution in [0.5, 0.6) is 0 Å². The smallest absolute Gasteiger partial charge is 0.275 e. The number of hydrogen-bond acceptors (Lipinski definition) is 7. The van der Waals surface area contributed by atoms with Crippen molar-refractivity contribution in [2.75, 3.05) is 0 Å². The number of carbonyl (C=O) groups is 1. The van der Waals surface area contributed by atoms with E-state index in [0.29, 0.717) is 11.3 Å². The molecule has 0 radical (unpaired) electrons. The molecule has 0 amide bonds. The highest BCUT2D eigenvalue weighted by molar-refractivity contribution is 5.79. The molecule has 0 bridgehead atoms. The van der Waals surface area contributed by atoms with Crippen molar-refractivity contribution in [3.63, 3.8) is 0 Å². The summed E-state index contributed by atoms with van der Waals surface area (Å²) in [5, 5.41) is 29.4. The van der Waals surface area contributed by atoms with Crippen molar-refractivity contribution in [3.8, 4) is 0 Å². The average molecular weight is 328 g/mol. The van der Waals surface area contributed by atoms with Gasteiger partial charge in [-0.3, -0.25) is 25.0 Å². The fraction of sp³-hybridized carbons (Fsp3) is 0.133. The maximum Gasteiger partial charge on any atom is 0.275 e. The van der Waals surface area contributed by atoms with Crippen LogP contribution in [0.3, 0.4) is 0 Å². The molecule has 0 fully saturated rings. The molecule has 0 heterocycles. The predicted octanol–water partition coefficient (Wildman–Crippen LogP) is 4.05. The normalized spacial score (nSPS) is 10.7. The van der Waals surface area contributed by atoms with Crippen molar-refractivity contribution < 1.29 is 14.6 Å². The Hall–Kier alpha value is -3.49. The second-order valence-electron chi connectivity index (χ2n) is 4.92. The zero-order valence-electron chi connectivity index (χ0n) is 12.6. The van der Waals surface area contributed by atoms with Gasteiger partial charge in [0, 0.05) is 30.2 Å². The van der Waals surface area contributed by atoms with E-state index in [1.165, 1.54) is 49.4 Å². The van der Waals surface area contributed by atoms with E-state index in [1.807, 2.05) is 0 Å². The zero-order valence-corrected chi connectivity index (χ0v) is 12.6. The van der Waals surface area contributed by atoms with Crippen LogP contribution < -0.4 is 0 Å². The second-order valence-corrected chi connectivity index (χ2v) is 4.92. The van der Waals surface area contributed by atoms with E-state index in [-0.39, 0.29) is 29.3 Å². The molecule has 0 aromatic heterocycles. The molecular weight excluding hydrogens is 316 g/mol. The van der Waals surface area contributed by atoms with Crippen molar-refractivity contribution in [1.82, 2.24) is 0 Å². The third-order valence-electron chi connectivity index (χ3n) is 3.05. The Morgan fingerprint density at radius 1 is 0.958 bits per heavy atom. The molecule has 0 aliphatic rings. The van der Waals surface area contributed by atoms with E-state index in [2.05, 4.69) is 10.2 Å². The molecule has 2 aromatic rings. The van der Waals surface area contributed by atoms with E-state index >= 15 is 0 Å². The van der Waals surface area contributed by atoms with Crippen LogP contribution in [-0.2, 0) is 11.2 Å². The summed E-state index contributed by atoms with van der Waals surface area (Å²) in [6.07, 6.45) is -0.0317. The van der Waals surface area contributed by atoms with Gasteiger partial charge in [-0.05, 0) is 31.2 Å². The van der Waals surface area contributed by atoms with Crippen molar-refractivity contribution >= 4 is 28.5 Å². The minimum absolute atomic E-state index is 0.0317. The summed E-state index contributed by atoms with van der Waals surface area (Å²) in [5.41, 5.74) is 0.647. The van der Waals surface area contributed by atoms with E-state index < -0.39 is 9.85 Å². The number of ketones is 1. The summed E-state index contributed by atoms with van der Waals surface area (Å²) in [6, 6.07) is 9.61. The first kappa shape index (κ1) is 16.9. The Balaban J connectivity index is 2.25. The lowest BCUT2D eigenvalue weighted by Gasteiger charge is -2.01. The van der Waals surface area contributed by atoms with Gasteiger partial charge < -0.3 is 0 Å². The Bertz CT molecular complexity index is 830. The van der Waals surface area contributed by atoms with E-state index in [4.69, 9.17) is 0 Å². The van der Waals surface area contributed by atoms with Gasteiger partial charge in [0.25, 0.3) is 11.4 Å². The van der Waals surface area contributed by atoms with Crippen molar-refractivity contribution in [3.05, 3.63) is 68.3 Å². The van der Waals surface area contributed by atoms with Gasteiger partial charge in [-0.25, -0.2) is 0 Å². The monoisotopic (exact) mass is 328 g/mol. The van der Waals surface area contributed by atoms with Crippen LogP contribution >= 0.6 is 0 Å². The van der Waals surface area contributed by atoms with E-state index in [9.17, 15) is 25.0 Å². The minimum atomic E-state index is -0.580. The van der Waals surface area contributed by atoms with Crippen LogP contribution in [0.1, 0.15) is 12.5 Å². The average Bonchev–Trinajstić information content (AvgIpc) is 2.53. The Kier molecular flexibility index (Phi) is 5.05. The van der Waals surface area contributed by atoms with Crippen LogP contribution in [0.4, 0.5) is 22.7 Å². The number of rotatable bonds is 6. The molecule has 0 N–H and O–H groups in total. The first-order valence-corrected chi connectivity index (χ1v) is 6.80. The molecule has 2 aromatic carbocycles. The summed E-state index contributed by atoms with van der Waals surface area (Å²) in [5.74, 6) is -0.182. The standard InChI is InChI=1S/C15H12N4O5/c1-10(20)8-11-2-3-13(9-15(11)19(23)24)17-16-12-4-6-14(7-5-12)18(21)22/h2-7,9H,8H2,1H3. The number of nitrogens with zero attached hydrogens (tertiary/aromatic N) is 4. The maximum absolute atomic E-state index is 11.1. The van der Waals surface area contributed by atoms with Crippen LogP contribution in [-0.4, -0.2) is 15.6 Å². The largest absolute Gasteiger partial charge is 0.300 e. The third-order valence-corrected chi connectivity index (χ3v) is 3.05. The summed E-state index contributed by atoms with van der Waals surface area (Å²) in [7, 11) is 0. The number of Topliss-reactive ketones (excluding diaryl/α,β-unsaturated/α-hetero) is 1. The van der Waals surface area contributed by atoms with Gasteiger partial charge in [0.2, 0.25) is 0 Å². The minimum Gasteiger partial charge on any atom is -0.300 e. The van der Waals surface area contributed by atoms with Crippen molar-refractivity contribution in [2.24, 2.45) is 10.2 Å². The predicted molar refractivity (Wildman–Crippen MR) is 84.8 cm³/mol. The van der Waals surface area contributed by atoms with Crippen LogP contribution in [0.15, 0.2) is 52.7 Å². The Morgan fingerprint density at radius 2 is 1.54 bits per heavy atom. The zero-order chi connectivity index (χ0) is 17.7. The molecule has 9 heteroatoms. The molecule has 9 nitrogen and oxygen atoms in total.